The number of nitrogens with two attached hydrogens (primary N) is 1. The van der Waals surface area contributed by atoms with Gasteiger partial charge >= 0.3 is 0 Å². The summed E-state index contributed by atoms with van der Waals surface area (Å²) in [5.41, 5.74) is 6.25. The topological polar surface area (TPSA) is 53.7 Å². The van der Waals surface area contributed by atoms with Gasteiger partial charge in [-0.1, -0.05) is 6.58 Å². The van der Waals surface area contributed by atoms with Gasteiger partial charge < -0.3 is 19.9 Å². The van der Waals surface area contributed by atoms with Crippen molar-refractivity contribution < 1.29 is 14.2 Å². The van der Waals surface area contributed by atoms with Gasteiger partial charge in [0.15, 0.2) is 0 Å². The third-order valence-electron chi connectivity index (χ3n) is 2.06. The predicted octanol–water partition coefficient (Wildman–Crippen LogP) is 1.60. The highest BCUT2D eigenvalue weighted by Gasteiger charge is 2.03. The van der Waals surface area contributed by atoms with E-state index in [1.54, 1.807) is 32.4 Å². The molecule has 0 aromatic heterocycles. The van der Waals surface area contributed by atoms with Crippen LogP contribution in [0.5, 0.6) is 17.2 Å². The van der Waals surface area contributed by atoms with Gasteiger partial charge in [0, 0.05) is 24.7 Å². The van der Waals surface area contributed by atoms with Crippen LogP contribution in [0.1, 0.15) is 0 Å². The molecule has 1 aromatic rings. The first kappa shape index (κ1) is 12.4. The number of ether oxygens (including phenoxy) is 3. The lowest BCUT2D eigenvalue weighted by atomic mass is 10.3. The van der Waals surface area contributed by atoms with Crippen molar-refractivity contribution in [2.75, 3.05) is 27.4 Å². The van der Waals surface area contributed by atoms with Gasteiger partial charge in [-0.15, -0.1) is 0 Å². The van der Waals surface area contributed by atoms with E-state index in [4.69, 9.17) is 19.9 Å². The monoisotopic (exact) mass is 223 g/mol. The summed E-state index contributed by atoms with van der Waals surface area (Å²) >= 11 is 0. The Hall–Kier alpha value is -1.68. The maximum atomic E-state index is 5.50. The Morgan fingerprint density at radius 1 is 1.12 bits per heavy atom. The minimum Gasteiger partial charge on any atom is -0.496 e. The van der Waals surface area contributed by atoms with Crippen molar-refractivity contribution in [1.82, 2.24) is 0 Å². The highest BCUT2D eigenvalue weighted by Crippen LogP contribution is 2.27. The summed E-state index contributed by atoms with van der Waals surface area (Å²) in [4.78, 5) is 0. The first-order valence-corrected chi connectivity index (χ1v) is 4.92. The molecule has 1 rings (SSSR count). The lowest BCUT2D eigenvalue weighted by Gasteiger charge is -2.10. The van der Waals surface area contributed by atoms with Crippen molar-refractivity contribution in [3.63, 3.8) is 0 Å². The molecule has 4 heteroatoms. The average molecular weight is 223 g/mol. The second-order valence-corrected chi connectivity index (χ2v) is 3.29. The van der Waals surface area contributed by atoms with E-state index in [0.717, 1.165) is 5.57 Å². The van der Waals surface area contributed by atoms with Gasteiger partial charge in [0.1, 0.15) is 23.9 Å². The van der Waals surface area contributed by atoms with Gasteiger partial charge in [-0.3, -0.25) is 0 Å². The Labute approximate surface area is 95.6 Å². The summed E-state index contributed by atoms with van der Waals surface area (Å²) < 4.78 is 15.8. The summed E-state index contributed by atoms with van der Waals surface area (Å²) in [6.07, 6.45) is 0. The van der Waals surface area contributed by atoms with Crippen LogP contribution >= 0.6 is 0 Å². The van der Waals surface area contributed by atoms with E-state index in [1.807, 2.05) is 0 Å². The van der Waals surface area contributed by atoms with Crippen LogP contribution in [0, 0.1) is 0 Å². The van der Waals surface area contributed by atoms with Crippen LogP contribution in [0.15, 0.2) is 30.4 Å². The van der Waals surface area contributed by atoms with Crippen molar-refractivity contribution in [3.05, 3.63) is 30.4 Å². The number of hydrogen-bond acceptors (Lipinski definition) is 4. The van der Waals surface area contributed by atoms with Crippen LogP contribution in [0.25, 0.3) is 0 Å². The molecule has 0 radical (unpaired) electrons. The van der Waals surface area contributed by atoms with Gasteiger partial charge in [0.2, 0.25) is 0 Å². The summed E-state index contributed by atoms with van der Waals surface area (Å²) in [5.74, 6) is 2.05. The average Bonchev–Trinajstić information content (AvgIpc) is 2.35. The first-order valence-electron chi connectivity index (χ1n) is 4.92. The van der Waals surface area contributed by atoms with E-state index < -0.39 is 0 Å². The maximum Gasteiger partial charge on any atom is 0.127 e. The molecule has 4 nitrogen and oxygen atoms in total. The fraction of sp³-hybridized carbons (Fsp3) is 0.333. The molecule has 0 heterocycles. The fourth-order valence-corrected chi connectivity index (χ4v) is 1.11. The molecule has 0 aliphatic carbocycles. The molecule has 88 valence electrons. The Bertz CT molecular complexity index is 341. The van der Waals surface area contributed by atoms with Crippen LogP contribution in [-0.4, -0.2) is 27.4 Å². The van der Waals surface area contributed by atoms with E-state index >= 15 is 0 Å². The lowest BCUT2D eigenvalue weighted by Crippen LogP contribution is -2.09. The number of rotatable bonds is 6. The summed E-state index contributed by atoms with van der Waals surface area (Å²) in [6, 6.07) is 5.35. The number of methoxy groups -OCH3 is 2. The molecule has 0 fully saturated rings. The Kier molecular flexibility index (Phi) is 4.66. The van der Waals surface area contributed by atoms with Crippen molar-refractivity contribution >= 4 is 0 Å². The molecule has 0 saturated carbocycles. The van der Waals surface area contributed by atoms with Crippen LogP contribution in [0.3, 0.4) is 0 Å². The molecule has 0 bridgehead atoms. The molecule has 0 aliphatic heterocycles. The van der Waals surface area contributed by atoms with E-state index in [1.165, 1.54) is 0 Å². The van der Waals surface area contributed by atoms with E-state index in [9.17, 15) is 0 Å². The molecule has 1 aromatic carbocycles. The standard InChI is InChI=1S/C12H17NO3/c1-9(7-13)8-16-12-5-10(14-2)4-11(6-12)15-3/h4-6H,1,7-8,13H2,2-3H3. The molecule has 2 N–H and O–H groups in total. The molecular weight excluding hydrogens is 206 g/mol. The van der Waals surface area contributed by atoms with Gasteiger partial charge in [-0.25, -0.2) is 0 Å². The maximum absolute atomic E-state index is 5.50. The molecule has 0 saturated heterocycles. The number of hydrogen-bond donors (Lipinski definition) is 1. The lowest BCUT2D eigenvalue weighted by molar-refractivity contribution is 0.339. The molecule has 0 aliphatic rings. The van der Waals surface area contributed by atoms with Crippen molar-refractivity contribution in [2.24, 2.45) is 5.73 Å². The Balaban J connectivity index is 2.74. The minimum absolute atomic E-state index is 0.396. The zero-order valence-corrected chi connectivity index (χ0v) is 9.66. The van der Waals surface area contributed by atoms with Gasteiger partial charge in [-0.2, -0.15) is 0 Å². The normalized spacial score (nSPS) is 9.69. The summed E-state index contributed by atoms with van der Waals surface area (Å²) in [5, 5.41) is 0. The van der Waals surface area contributed by atoms with Crippen molar-refractivity contribution in [2.45, 2.75) is 0 Å². The van der Waals surface area contributed by atoms with Crippen LogP contribution < -0.4 is 19.9 Å². The smallest absolute Gasteiger partial charge is 0.127 e. The molecule has 0 atom stereocenters. The highest BCUT2D eigenvalue weighted by molar-refractivity contribution is 5.42. The molecule has 0 unspecified atom stereocenters. The third-order valence-corrected chi connectivity index (χ3v) is 2.06. The van der Waals surface area contributed by atoms with E-state index in [2.05, 4.69) is 6.58 Å². The van der Waals surface area contributed by atoms with Crippen LogP contribution in [0.4, 0.5) is 0 Å². The zero-order chi connectivity index (χ0) is 12.0. The zero-order valence-electron chi connectivity index (χ0n) is 9.66. The van der Waals surface area contributed by atoms with E-state index in [0.29, 0.717) is 30.4 Å². The summed E-state index contributed by atoms with van der Waals surface area (Å²) in [7, 11) is 3.19. The summed E-state index contributed by atoms with van der Waals surface area (Å²) in [6.45, 7) is 4.57. The minimum atomic E-state index is 0.396. The predicted molar refractivity (Wildman–Crippen MR) is 63.2 cm³/mol. The SMILES string of the molecule is C=C(CN)COc1cc(OC)cc(OC)c1. The van der Waals surface area contributed by atoms with Crippen molar-refractivity contribution in [3.8, 4) is 17.2 Å². The van der Waals surface area contributed by atoms with Crippen molar-refractivity contribution in [1.29, 1.82) is 0 Å². The van der Waals surface area contributed by atoms with Crippen LogP contribution in [0.2, 0.25) is 0 Å². The quantitative estimate of drug-likeness (QED) is 0.744. The first-order chi connectivity index (χ1) is 7.69. The van der Waals surface area contributed by atoms with Gasteiger partial charge in [-0.05, 0) is 5.57 Å². The third kappa shape index (κ3) is 3.47. The van der Waals surface area contributed by atoms with E-state index in [-0.39, 0.29) is 0 Å². The number of benzene rings is 1. The molecule has 16 heavy (non-hydrogen) atoms. The Morgan fingerprint density at radius 2 is 1.62 bits per heavy atom. The fourth-order valence-electron chi connectivity index (χ4n) is 1.11. The Morgan fingerprint density at radius 3 is 2.06 bits per heavy atom. The van der Waals surface area contributed by atoms with Crippen LogP contribution in [-0.2, 0) is 0 Å². The second-order valence-electron chi connectivity index (χ2n) is 3.29. The molecular formula is C12H17NO3. The highest BCUT2D eigenvalue weighted by atomic mass is 16.5. The molecule has 0 amide bonds. The largest absolute Gasteiger partial charge is 0.496 e. The van der Waals surface area contributed by atoms with Gasteiger partial charge in [0.25, 0.3) is 0 Å². The second kappa shape index (κ2) is 6.02. The molecule has 0 spiro atoms. The van der Waals surface area contributed by atoms with Gasteiger partial charge in [0.05, 0.1) is 14.2 Å².